The summed E-state index contributed by atoms with van der Waals surface area (Å²) in [5, 5.41) is 11.8. The molecule has 0 amide bonds. The molecule has 0 aromatic rings. The maximum Gasteiger partial charge on any atom is 0.309 e. The van der Waals surface area contributed by atoms with Gasteiger partial charge in [-0.05, 0) is 18.8 Å². The first kappa shape index (κ1) is 7.58. The van der Waals surface area contributed by atoms with Crippen LogP contribution in [0.5, 0.6) is 0 Å². The molecule has 0 heterocycles. The maximum atomic E-state index is 11.2. The van der Waals surface area contributed by atoms with Crippen molar-refractivity contribution in [2.75, 3.05) is 7.11 Å². The number of ether oxygens (including phenoxy) is 1. The van der Waals surface area contributed by atoms with Gasteiger partial charge >= 0.3 is 5.97 Å². The van der Waals surface area contributed by atoms with Crippen LogP contribution in [0, 0.1) is 17.8 Å². The molecule has 0 aromatic carbocycles. The summed E-state index contributed by atoms with van der Waals surface area (Å²) in [4.78, 5) is 11.2. The molecule has 3 rings (SSSR count). The first-order valence-electron chi connectivity index (χ1n) is 4.06. The van der Waals surface area contributed by atoms with Gasteiger partial charge in [0.2, 0.25) is 0 Å². The molecule has 66 valence electrons. The predicted molar refractivity (Wildman–Crippen MR) is 40.9 cm³/mol. The van der Waals surface area contributed by atoms with Crippen LogP contribution < -0.4 is 0 Å². The summed E-state index contributed by atoms with van der Waals surface area (Å²) in [6.07, 6.45) is 1.75. The molecular formula is C8H11NO3. The van der Waals surface area contributed by atoms with Crippen LogP contribution in [0.15, 0.2) is 5.16 Å². The average molecular weight is 169 g/mol. The number of nitrogens with zero attached hydrogens (tertiary/aromatic N) is 1. The van der Waals surface area contributed by atoms with Crippen LogP contribution in [-0.2, 0) is 9.53 Å². The van der Waals surface area contributed by atoms with Crippen LogP contribution in [-0.4, -0.2) is 24.0 Å². The second-order valence-electron chi connectivity index (χ2n) is 3.45. The number of oxime groups is 1. The molecule has 0 saturated heterocycles. The van der Waals surface area contributed by atoms with Gasteiger partial charge in [0.1, 0.15) is 0 Å². The van der Waals surface area contributed by atoms with Crippen LogP contribution in [0.4, 0.5) is 0 Å². The quantitative estimate of drug-likeness (QED) is 0.356. The average Bonchev–Trinajstić information content (AvgIpc) is 2.59. The van der Waals surface area contributed by atoms with E-state index in [1.807, 2.05) is 0 Å². The van der Waals surface area contributed by atoms with Gasteiger partial charge in [0.05, 0.1) is 18.7 Å². The van der Waals surface area contributed by atoms with Gasteiger partial charge < -0.3 is 9.94 Å². The Morgan fingerprint density at radius 3 is 3.00 bits per heavy atom. The molecule has 4 nitrogen and oxygen atoms in total. The van der Waals surface area contributed by atoms with E-state index in [1.165, 1.54) is 7.11 Å². The fraction of sp³-hybridized carbons (Fsp3) is 0.750. The number of rotatable bonds is 1. The summed E-state index contributed by atoms with van der Waals surface area (Å²) >= 11 is 0. The molecule has 3 aliphatic carbocycles. The highest BCUT2D eigenvalue weighted by molar-refractivity contribution is 5.97. The lowest BCUT2D eigenvalue weighted by Gasteiger charge is -2.31. The van der Waals surface area contributed by atoms with E-state index in [2.05, 4.69) is 9.89 Å². The molecule has 3 atom stereocenters. The third kappa shape index (κ3) is 0.777. The Kier molecular flexibility index (Phi) is 1.56. The molecule has 3 aliphatic rings. The van der Waals surface area contributed by atoms with Crippen LogP contribution >= 0.6 is 0 Å². The Morgan fingerprint density at radius 2 is 2.50 bits per heavy atom. The van der Waals surface area contributed by atoms with E-state index >= 15 is 0 Å². The Balaban J connectivity index is 2.11. The van der Waals surface area contributed by atoms with E-state index in [9.17, 15) is 4.79 Å². The van der Waals surface area contributed by atoms with Crippen LogP contribution in [0.2, 0.25) is 0 Å². The molecule has 0 radical (unpaired) electrons. The summed E-state index contributed by atoms with van der Waals surface area (Å²) in [6, 6.07) is 0. The summed E-state index contributed by atoms with van der Waals surface area (Å²) < 4.78 is 4.65. The van der Waals surface area contributed by atoms with E-state index < -0.39 is 0 Å². The largest absolute Gasteiger partial charge is 0.469 e. The zero-order valence-electron chi connectivity index (χ0n) is 6.86. The van der Waals surface area contributed by atoms with E-state index in [-0.39, 0.29) is 17.8 Å². The number of hydrogen-bond donors (Lipinski definition) is 1. The molecule has 1 N–H and O–H groups in total. The van der Waals surface area contributed by atoms with Gasteiger partial charge in [-0.15, -0.1) is 0 Å². The van der Waals surface area contributed by atoms with Crippen molar-refractivity contribution in [3.63, 3.8) is 0 Å². The van der Waals surface area contributed by atoms with Gasteiger partial charge in [-0.1, -0.05) is 5.16 Å². The van der Waals surface area contributed by atoms with Crippen molar-refractivity contribution < 1.29 is 14.7 Å². The Bertz CT molecular complexity index is 249. The molecule has 12 heavy (non-hydrogen) atoms. The topological polar surface area (TPSA) is 58.9 Å². The predicted octanol–water partition coefficient (Wildman–Crippen LogP) is 0.646. The van der Waals surface area contributed by atoms with Gasteiger partial charge in [0, 0.05) is 5.92 Å². The lowest BCUT2D eigenvalue weighted by molar-refractivity contribution is -0.152. The highest BCUT2D eigenvalue weighted by atomic mass is 16.5. The molecule has 0 aromatic heterocycles. The molecular weight excluding hydrogens is 158 g/mol. The molecule has 0 spiro atoms. The van der Waals surface area contributed by atoms with Gasteiger partial charge in [-0.2, -0.15) is 0 Å². The molecule has 3 saturated carbocycles. The number of methoxy groups -OCH3 is 1. The summed E-state index contributed by atoms with van der Waals surface area (Å²) in [5.41, 5.74) is 0.774. The molecule has 0 aliphatic heterocycles. The van der Waals surface area contributed by atoms with Gasteiger partial charge in [0.15, 0.2) is 0 Å². The standard InChI is InChI=1S/C8H11NO3/c1-12-8(10)7-4-2-5(7)6(3-4)9-11/h4-5,7,11H,2-3H2,1H3/b9-6-/t4-,5-,7-/m1/s1. The van der Waals surface area contributed by atoms with E-state index in [0.29, 0.717) is 5.92 Å². The van der Waals surface area contributed by atoms with Crippen molar-refractivity contribution in [1.82, 2.24) is 0 Å². The maximum absolute atomic E-state index is 11.2. The van der Waals surface area contributed by atoms with Crippen LogP contribution in [0.1, 0.15) is 12.8 Å². The molecule has 2 bridgehead atoms. The highest BCUT2D eigenvalue weighted by Crippen LogP contribution is 2.52. The van der Waals surface area contributed by atoms with Crippen molar-refractivity contribution in [2.24, 2.45) is 22.9 Å². The highest BCUT2D eigenvalue weighted by Gasteiger charge is 2.55. The third-order valence-electron chi connectivity index (χ3n) is 3.00. The zero-order valence-corrected chi connectivity index (χ0v) is 6.86. The Hall–Kier alpha value is -1.06. The Morgan fingerprint density at radius 1 is 1.75 bits per heavy atom. The van der Waals surface area contributed by atoms with Gasteiger partial charge in [0.25, 0.3) is 0 Å². The fourth-order valence-corrected chi connectivity index (χ4v) is 2.33. The van der Waals surface area contributed by atoms with Crippen LogP contribution in [0.25, 0.3) is 0 Å². The minimum Gasteiger partial charge on any atom is -0.469 e. The summed E-state index contributed by atoms with van der Waals surface area (Å²) in [7, 11) is 1.40. The number of esters is 1. The molecule has 3 fully saturated rings. The number of carbonyl (C=O) groups is 1. The van der Waals surface area contributed by atoms with E-state index in [4.69, 9.17) is 5.21 Å². The molecule has 0 unspecified atom stereocenters. The van der Waals surface area contributed by atoms with Crippen molar-refractivity contribution in [3.05, 3.63) is 0 Å². The molecule has 4 heteroatoms. The lowest BCUT2D eigenvalue weighted by atomic mass is 9.72. The van der Waals surface area contributed by atoms with Gasteiger partial charge in [-0.25, -0.2) is 0 Å². The normalized spacial score (nSPS) is 41.1. The Labute approximate surface area is 70.2 Å². The number of hydrogen-bond acceptors (Lipinski definition) is 4. The van der Waals surface area contributed by atoms with Crippen molar-refractivity contribution >= 4 is 11.7 Å². The minimum absolute atomic E-state index is 0.0269. The van der Waals surface area contributed by atoms with Crippen molar-refractivity contribution in [1.29, 1.82) is 0 Å². The number of fused-ring (bicyclic) bond motifs is 1. The van der Waals surface area contributed by atoms with Gasteiger partial charge in [-0.3, -0.25) is 4.79 Å². The smallest absolute Gasteiger partial charge is 0.309 e. The first-order valence-corrected chi connectivity index (χ1v) is 4.06. The second kappa shape index (κ2) is 2.47. The SMILES string of the molecule is COC(=O)[C@@H]1[C@H]2C/C(=N/O)[C@H]1C2. The third-order valence-corrected chi connectivity index (χ3v) is 3.00. The van der Waals surface area contributed by atoms with Crippen molar-refractivity contribution in [2.45, 2.75) is 12.8 Å². The number of carbonyl (C=O) groups excluding carboxylic acids is 1. The van der Waals surface area contributed by atoms with Crippen molar-refractivity contribution in [3.8, 4) is 0 Å². The summed E-state index contributed by atoms with van der Waals surface area (Å²) in [6.45, 7) is 0. The zero-order chi connectivity index (χ0) is 8.72. The van der Waals surface area contributed by atoms with E-state index in [0.717, 1.165) is 18.6 Å². The van der Waals surface area contributed by atoms with Crippen LogP contribution in [0.3, 0.4) is 0 Å². The van der Waals surface area contributed by atoms with E-state index in [1.54, 1.807) is 0 Å². The second-order valence-corrected chi connectivity index (χ2v) is 3.45. The minimum atomic E-state index is -0.157. The summed E-state index contributed by atoms with van der Waals surface area (Å²) in [5.74, 6) is 0.344. The fourth-order valence-electron chi connectivity index (χ4n) is 2.33. The first-order chi connectivity index (χ1) is 5.77. The lowest BCUT2D eigenvalue weighted by Crippen LogP contribution is -2.37. The monoisotopic (exact) mass is 169 g/mol.